The van der Waals surface area contributed by atoms with E-state index >= 15 is 0 Å². The van der Waals surface area contributed by atoms with Crippen molar-refractivity contribution in [3.05, 3.63) is 40.0 Å². The van der Waals surface area contributed by atoms with Crippen LogP contribution < -0.4 is 10.6 Å². The van der Waals surface area contributed by atoms with Crippen molar-refractivity contribution < 1.29 is 9.34 Å². The van der Waals surface area contributed by atoms with E-state index in [1.54, 1.807) is 0 Å². The molecule has 1 aliphatic rings. The second-order valence-corrected chi connectivity index (χ2v) is 5.21. The molecule has 3 heterocycles. The smallest absolute Gasteiger partial charge is 0.329 e. The number of nitrogens with zero attached hydrogens (tertiary/aromatic N) is 4. The van der Waals surface area contributed by atoms with Gasteiger partial charge in [-0.3, -0.25) is 10.1 Å². The Bertz CT molecular complexity index is 700. The molecular weight excluding hydrogens is 286 g/mol. The Balaban J connectivity index is 1.89. The Morgan fingerprint density at radius 2 is 2.36 bits per heavy atom. The second-order valence-electron chi connectivity index (χ2n) is 5.21. The van der Waals surface area contributed by atoms with Crippen LogP contribution in [0, 0.1) is 10.1 Å². The summed E-state index contributed by atoms with van der Waals surface area (Å²) >= 11 is 0. The number of rotatable bonds is 4. The first kappa shape index (κ1) is 14.3. The molecule has 2 N–H and O–H groups in total. The molecule has 2 aromatic heterocycles. The molecule has 0 radical (unpaired) electrons. The summed E-state index contributed by atoms with van der Waals surface area (Å²) in [6.07, 6.45) is 3.91. The fourth-order valence-corrected chi connectivity index (χ4v) is 2.72. The van der Waals surface area contributed by atoms with E-state index in [2.05, 4.69) is 9.97 Å². The van der Waals surface area contributed by atoms with Gasteiger partial charge in [-0.15, -0.1) is 0 Å². The molecule has 0 unspecified atom stereocenters. The maximum absolute atomic E-state index is 10.8. The Labute approximate surface area is 127 Å². The summed E-state index contributed by atoms with van der Waals surface area (Å²) in [5.41, 5.74) is 5.38. The Morgan fingerprint density at radius 3 is 3.00 bits per heavy atom. The van der Waals surface area contributed by atoms with Crippen molar-refractivity contribution in [1.29, 1.82) is 0 Å². The van der Waals surface area contributed by atoms with E-state index in [4.69, 9.17) is 10.2 Å². The normalized spacial score (nSPS) is 17.9. The van der Waals surface area contributed by atoms with Crippen molar-refractivity contribution in [1.82, 2.24) is 9.97 Å². The van der Waals surface area contributed by atoms with Crippen molar-refractivity contribution in [2.45, 2.75) is 32.2 Å². The third-order valence-corrected chi connectivity index (χ3v) is 3.85. The van der Waals surface area contributed by atoms with E-state index in [0.29, 0.717) is 5.95 Å². The van der Waals surface area contributed by atoms with Gasteiger partial charge in [-0.1, -0.05) is 6.92 Å². The van der Waals surface area contributed by atoms with Crippen LogP contribution in [-0.4, -0.2) is 21.4 Å². The molecule has 0 aliphatic carbocycles. The summed E-state index contributed by atoms with van der Waals surface area (Å²) in [5, 5.41) is 10.8. The number of aryl methyl sites for hydroxylation is 1. The zero-order valence-electron chi connectivity index (χ0n) is 12.2. The highest BCUT2D eigenvalue weighted by molar-refractivity contribution is 5.54. The lowest BCUT2D eigenvalue weighted by Crippen LogP contribution is -2.24. The Kier molecular flexibility index (Phi) is 3.66. The fourth-order valence-electron chi connectivity index (χ4n) is 2.72. The van der Waals surface area contributed by atoms with Crippen LogP contribution in [0.1, 0.15) is 37.3 Å². The van der Waals surface area contributed by atoms with E-state index in [1.807, 2.05) is 24.0 Å². The minimum atomic E-state index is -0.583. The monoisotopic (exact) mass is 303 g/mol. The van der Waals surface area contributed by atoms with Crippen molar-refractivity contribution in [3.8, 4) is 0 Å². The average Bonchev–Trinajstić information content (AvgIpc) is 3.15. The molecule has 0 saturated carbocycles. The van der Waals surface area contributed by atoms with Gasteiger partial charge in [0.15, 0.2) is 0 Å². The third-order valence-electron chi connectivity index (χ3n) is 3.85. The Hall–Kier alpha value is -2.64. The first-order valence-electron chi connectivity index (χ1n) is 7.22. The highest BCUT2D eigenvalue weighted by Crippen LogP contribution is 2.36. The first-order valence-corrected chi connectivity index (χ1v) is 7.22. The third kappa shape index (κ3) is 2.47. The van der Waals surface area contributed by atoms with Gasteiger partial charge in [0.05, 0.1) is 11.0 Å². The van der Waals surface area contributed by atoms with Gasteiger partial charge in [-0.05, 0) is 25.0 Å². The van der Waals surface area contributed by atoms with Crippen molar-refractivity contribution in [3.63, 3.8) is 0 Å². The largest absolute Gasteiger partial charge is 0.464 e. The van der Waals surface area contributed by atoms with Crippen LogP contribution in [0.3, 0.4) is 0 Å². The van der Waals surface area contributed by atoms with Gasteiger partial charge in [0.1, 0.15) is 17.7 Å². The second kappa shape index (κ2) is 5.63. The maximum Gasteiger partial charge on any atom is 0.329 e. The van der Waals surface area contributed by atoms with Crippen LogP contribution in [0.5, 0.6) is 0 Å². The van der Waals surface area contributed by atoms with Crippen molar-refractivity contribution >= 4 is 17.5 Å². The van der Waals surface area contributed by atoms with Gasteiger partial charge >= 0.3 is 5.69 Å². The number of furan rings is 1. The van der Waals surface area contributed by atoms with Gasteiger partial charge < -0.3 is 15.1 Å². The maximum atomic E-state index is 10.8. The summed E-state index contributed by atoms with van der Waals surface area (Å²) in [6, 6.07) is 3.98. The van der Waals surface area contributed by atoms with Crippen LogP contribution in [-0.2, 0) is 6.42 Å². The number of hydrogen-bond acceptors (Lipinski definition) is 7. The average molecular weight is 303 g/mol. The number of nitro groups is 1. The van der Waals surface area contributed by atoms with Crippen LogP contribution in [0.25, 0.3) is 0 Å². The summed E-state index contributed by atoms with van der Waals surface area (Å²) in [4.78, 5) is 20.4. The minimum absolute atomic E-state index is 0.0427. The van der Waals surface area contributed by atoms with E-state index < -0.39 is 4.92 Å². The summed E-state index contributed by atoms with van der Waals surface area (Å²) < 4.78 is 5.82. The van der Waals surface area contributed by atoms with E-state index in [9.17, 15) is 10.1 Å². The van der Waals surface area contributed by atoms with E-state index in [1.165, 1.54) is 0 Å². The first-order chi connectivity index (χ1) is 10.6. The van der Waals surface area contributed by atoms with Crippen LogP contribution in [0.4, 0.5) is 17.5 Å². The predicted molar refractivity (Wildman–Crippen MR) is 80.5 cm³/mol. The van der Waals surface area contributed by atoms with Gasteiger partial charge in [0.2, 0.25) is 11.8 Å². The molecule has 3 rings (SSSR count). The molecule has 0 aromatic carbocycles. The number of aromatic nitrogens is 2. The lowest BCUT2D eigenvalue weighted by molar-refractivity contribution is -0.384. The molecule has 1 fully saturated rings. The molecule has 0 spiro atoms. The molecule has 8 heteroatoms. The molecule has 8 nitrogen and oxygen atoms in total. The van der Waals surface area contributed by atoms with Crippen LogP contribution >= 0.6 is 0 Å². The molecule has 116 valence electrons. The van der Waals surface area contributed by atoms with Gasteiger partial charge in [-0.2, -0.15) is 4.98 Å². The fraction of sp³-hybridized carbons (Fsp3) is 0.429. The van der Waals surface area contributed by atoms with Crippen molar-refractivity contribution in [2.75, 3.05) is 17.2 Å². The molecule has 0 bridgehead atoms. The molecule has 1 saturated heterocycles. The number of nitrogens with two attached hydrogens (primary N) is 1. The summed E-state index contributed by atoms with van der Waals surface area (Å²) in [7, 11) is 0. The molecule has 0 amide bonds. The number of nitrogen functional groups attached to an aromatic ring is 1. The molecule has 22 heavy (non-hydrogen) atoms. The Morgan fingerprint density at radius 1 is 1.55 bits per heavy atom. The summed E-state index contributed by atoms with van der Waals surface area (Å²) in [6.45, 7) is 2.80. The lowest BCUT2D eigenvalue weighted by Gasteiger charge is -2.22. The molecule has 1 aliphatic heterocycles. The van der Waals surface area contributed by atoms with E-state index in [-0.39, 0.29) is 17.5 Å². The molecule has 2 aromatic rings. The van der Waals surface area contributed by atoms with Gasteiger partial charge in [0, 0.05) is 13.0 Å². The summed E-state index contributed by atoms with van der Waals surface area (Å²) in [5.74, 6) is 2.09. The highest BCUT2D eigenvalue weighted by Gasteiger charge is 2.31. The minimum Gasteiger partial charge on any atom is -0.464 e. The molecule has 1 atom stereocenters. The van der Waals surface area contributed by atoms with Crippen molar-refractivity contribution in [2.24, 2.45) is 0 Å². The number of anilines is 2. The number of hydrogen-bond donors (Lipinski definition) is 1. The standard InChI is InChI=1S/C14H17N5O3/c1-2-9-5-6-12(22-9)10-4-3-7-18(10)14-16-8-11(19(20)21)13(15)17-14/h5-6,8,10H,2-4,7H2,1H3,(H2,15,16,17)/t10-/m1/s1. The molecular formula is C14H17N5O3. The van der Waals surface area contributed by atoms with Crippen LogP contribution in [0.2, 0.25) is 0 Å². The predicted octanol–water partition coefficient (Wildman–Crippen LogP) is 2.46. The topological polar surface area (TPSA) is 111 Å². The quantitative estimate of drug-likeness (QED) is 0.682. The zero-order valence-corrected chi connectivity index (χ0v) is 12.2. The van der Waals surface area contributed by atoms with E-state index in [0.717, 1.165) is 43.5 Å². The zero-order chi connectivity index (χ0) is 15.7. The van der Waals surface area contributed by atoms with Crippen LogP contribution in [0.15, 0.2) is 22.7 Å². The lowest BCUT2D eigenvalue weighted by atomic mass is 10.2. The highest BCUT2D eigenvalue weighted by atomic mass is 16.6. The van der Waals surface area contributed by atoms with Gasteiger partial charge in [0.25, 0.3) is 0 Å². The SMILES string of the molecule is CCc1ccc([C@H]2CCCN2c2ncc([N+](=O)[O-])c(N)n2)o1. The van der Waals surface area contributed by atoms with Gasteiger partial charge in [-0.25, -0.2) is 4.98 Å².